The summed E-state index contributed by atoms with van der Waals surface area (Å²) in [6.45, 7) is 0. The summed E-state index contributed by atoms with van der Waals surface area (Å²) >= 11 is 6.06. The average Bonchev–Trinajstić information content (AvgIpc) is 2.29. The molecule has 80 valence electrons. The number of benzene rings is 1. The molecule has 0 radical (unpaired) electrons. The Bertz CT molecular complexity index is 540. The van der Waals surface area contributed by atoms with Gasteiger partial charge in [-0.05, 0) is 17.7 Å². The van der Waals surface area contributed by atoms with Gasteiger partial charge in [0.25, 0.3) is 5.91 Å². The van der Waals surface area contributed by atoms with E-state index in [-0.39, 0.29) is 0 Å². The lowest BCUT2D eigenvalue weighted by Crippen LogP contribution is -2.12. The van der Waals surface area contributed by atoms with Gasteiger partial charge in [-0.25, -0.2) is 0 Å². The van der Waals surface area contributed by atoms with Crippen LogP contribution in [0, 0.1) is 0 Å². The van der Waals surface area contributed by atoms with Gasteiger partial charge in [0.15, 0.2) is 0 Å². The fraction of sp³-hybridized carbons (Fsp3) is 0. The van der Waals surface area contributed by atoms with E-state index in [1.807, 2.05) is 18.2 Å². The van der Waals surface area contributed by atoms with Crippen LogP contribution in [0.2, 0.25) is 5.02 Å². The standard InChI is InChI=1S/C12H9ClN2O/c13-11-4-2-1-3-9(11)8-5-6-15-7-10(8)12(14)16/h1-7H,(H2,14,16). The van der Waals surface area contributed by atoms with Crippen molar-refractivity contribution in [3.63, 3.8) is 0 Å². The van der Waals surface area contributed by atoms with E-state index in [4.69, 9.17) is 17.3 Å². The molecule has 1 heterocycles. The number of hydrogen-bond acceptors (Lipinski definition) is 2. The quantitative estimate of drug-likeness (QED) is 0.865. The van der Waals surface area contributed by atoms with E-state index < -0.39 is 5.91 Å². The first kappa shape index (κ1) is 10.6. The van der Waals surface area contributed by atoms with Gasteiger partial charge in [0.1, 0.15) is 0 Å². The van der Waals surface area contributed by atoms with Crippen molar-refractivity contribution >= 4 is 17.5 Å². The van der Waals surface area contributed by atoms with E-state index in [0.717, 1.165) is 5.56 Å². The minimum absolute atomic E-state index is 0.371. The third-order valence-corrected chi connectivity index (χ3v) is 2.58. The van der Waals surface area contributed by atoms with Crippen LogP contribution in [0.5, 0.6) is 0 Å². The third kappa shape index (κ3) is 1.90. The summed E-state index contributed by atoms with van der Waals surface area (Å²) in [5.41, 5.74) is 7.13. The van der Waals surface area contributed by atoms with Crippen molar-refractivity contribution in [3.05, 3.63) is 53.3 Å². The Morgan fingerprint density at radius 3 is 2.62 bits per heavy atom. The van der Waals surface area contributed by atoms with Gasteiger partial charge in [0, 0.05) is 23.0 Å². The lowest BCUT2D eigenvalue weighted by molar-refractivity contribution is 0.100. The van der Waals surface area contributed by atoms with E-state index in [9.17, 15) is 4.79 Å². The Morgan fingerprint density at radius 1 is 1.19 bits per heavy atom. The Morgan fingerprint density at radius 2 is 1.94 bits per heavy atom. The van der Waals surface area contributed by atoms with Crippen LogP contribution in [0.15, 0.2) is 42.7 Å². The van der Waals surface area contributed by atoms with Crippen molar-refractivity contribution in [2.24, 2.45) is 5.73 Å². The van der Waals surface area contributed by atoms with Gasteiger partial charge in [-0.15, -0.1) is 0 Å². The minimum Gasteiger partial charge on any atom is -0.366 e. The molecule has 0 fully saturated rings. The lowest BCUT2D eigenvalue weighted by atomic mass is 10.0. The number of rotatable bonds is 2. The van der Waals surface area contributed by atoms with Crippen molar-refractivity contribution in [2.75, 3.05) is 0 Å². The number of primary amides is 1. The molecule has 0 saturated carbocycles. The van der Waals surface area contributed by atoms with E-state index in [2.05, 4.69) is 4.98 Å². The zero-order chi connectivity index (χ0) is 11.5. The molecule has 4 heteroatoms. The highest BCUT2D eigenvalue weighted by Gasteiger charge is 2.11. The van der Waals surface area contributed by atoms with Crippen LogP contribution in [0.1, 0.15) is 10.4 Å². The zero-order valence-electron chi connectivity index (χ0n) is 8.35. The second kappa shape index (κ2) is 4.33. The highest BCUT2D eigenvalue weighted by Crippen LogP contribution is 2.29. The van der Waals surface area contributed by atoms with Crippen molar-refractivity contribution in [1.82, 2.24) is 4.98 Å². The van der Waals surface area contributed by atoms with Crippen LogP contribution in [-0.2, 0) is 0 Å². The van der Waals surface area contributed by atoms with Crippen LogP contribution < -0.4 is 5.73 Å². The molecule has 0 aliphatic rings. The minimum atomic E-state index is -0.511. The van der Waals surface area contributed by atoms with Gasteiger partial charge in [-0.3, -0.25) is 9.78 Å². The van der Waals surface area contributed by atoms with E-state index in [1.54, 1.807) is 18.3 Å². The number of aromatic nitrogens is 1. The first-order valence-electron chi connectivity index (χ1n) is 4.69. The largest absolute Gasteiger partial charge is 0.366 e. The molecule has 16 heavy (non-hydrogen) atoms. The summed E-state index contributed by atoms with van der Waals surface area (Å²) in [6, 6.07) is 9.01. The number of nitrogens with zero attached hydrogens (tertiary/aromatic N) is 1. The van der Waals surface area contributed by atoms with Crippen LogP contribution in [0.3, 0.4) is 0 Å². The summed E-state index contributed by atoms with van der Waals surface area (Å²) in [4.78, 5) is 15.1. The lowest BCUT2D eigenvalue weighted by Gasteiger charge is -2.07. The Kier molecular flexibility index (Phi) is 2.88. The molecule has 0 saturated heterocycles. The second-order valence-electron chi connectivity index (χ2n) is 3.27. The smallest absolute Gasteiger partial charge is 0.250 e. The van der Waals surface area contributed by atoms with Gasteiger partial charge < -0.3 is 5.73 Å². The molecule has 0 spiro atoms. The molecule has 1 aromatic heterocycles. The molecule has 1 aromatic carbocycles. The molecule has 0 atom stereocenters. The summed E-state index contributed by atoms with van der Waals surface area (Å²) in [6.07, 6.45) is 3.05. The summed E-state index contributed by atoms with van der Waals surface area (Å²) in [5.74, 6) is -0.511. The molecule has 0 aliphatic carbocycles. The van der Waals surface area contributed by atoms with E-state index in [0.29, 0.717) is 16.1 Å². The number of carbonyl (C=O) groups is 1. The fourth-order valence-electron chi connectivity index (χ4n) is 1.51. The summed E-state index contributed by atoms with van der Waals surface area (Å²) in [7, 11) is 0. The average molecular weight is 233 g/mol. The van der Waals surface area contributed by atoms with Gasteiger partial charge >= 0.3 is 0 Å². The zero-order valence-corrected chi connectivity index (χ0v) is 9.11. The number of carbonyl (C=O) groups excluding carboxylic acids is 1. The predicted octanol–water partition coefficient (Wildman–Crippen LogP) is 2.50. The Balaban J connectivity index is 2.65. The van der Waals surface area contributed by atoms with Crippen LogP contribution in [0.25, 0.3) is 11.1 Å². The van der Waals surface area contributed by atoms with Crippen molar-refractivity contribution < 1.29 is 4.79 Å². The topological polar surface area (TPSA) is 56.0 Å². The highest BCUT2D eigenvalue weighted by atomic mass is 35.5. The molecule has 2 aromatic rings. The fourth-order valence-corrected chi connectivity index (χ4v) is 1.74. The van der Waals surface area contributed by atoms with Crippen LogP contribution in [-0.4, -0.2) is 10.9 Å². The van der Waals surface area contributed by atoms with Gasteiger partial charge in [0.2, 0.25) is 0 Å². The van der Waals surface area contributed by atoms with Gasteiger partial charge in [0.05, 0.1) is 5.56 Å². The maximum Gasteiger partial charge on any atom is 0.250 e. The number of pyridine rings is 1. The van der Waals surface area contributed by atoms with Gasteiger partial charge in [-0.2, -0.15) is 0 Å². The van der Waals surface area contributed by atoms with Gasteiger partial charge in [-0.1, -0.05) is 29.8 Å². The monoisotopic (exact) mass is 232 g/mol. The summed E-state index contributed by atoms with van der Waals surface area (Å²) in [5, 5.41) is 0.580. The SMILES string of the molecule is NC(=O)c1cnccc1-c1ccccc1Cl. The molecule has 0 bridgehead atoms. The van der Waals surface area contributed by atoms with Crippen LogP contribution >= 0.6 is 11.6 Å². The first-order valence-corrected chi connectivity index (χ1v) is 5.06. The normalized spacial score (nSPS) is 10.1. The highest BCUT2D eigenvalue weighted by molar-refractivity contribution is 6.33. The summed E-state index contributed by atoms with van der Waals surface area (Å²) < 4.78 is 0. The second-order valence-corrected chi connectivity index (χ2v) is 3.67. The number of nitrogens with two attached hydrogens (primary N) is 1. The third-order valence-electron chi connectivity index (χ3n) is 2.25. The molecule has 3 nitrogen and oxygen atoms in total. The Labute approximate surface area is 97.9 Å². The van der Waals surface area contributed by atoms with Crippen molar-refractivity contribution in [2.45, 2.75) is 0 Å². The molecule has 0 aliphatic heterocycles. The molecule has 0 unspecified atom stereocenters. The predicted molar refractivity (Wildman–Crippen MR) is 63.2 cm³/mol. The molecule has 2 N–H and O–H groups in total. The van der Waals surface area contributed by atoms with E-state index in [1.165, 1.54) is 6.20 Å². The van der Waals surface area contributed by atoms with Crippen LogP contribution in [0.4, 0.5) is 0 Å². The first-order chi connectivity index (χ1) is 7.70. The maximum absolute atomic E-state index is 11.2. The Hall–Kier alpha value is -1.87. The van der Waals surface area contributed by atoms with Crippen molar-refractivity contribution in [3.8, 4) is 11.1 Å². The van der Waals surface area contributed by atoms with E-state index >= 15 is 0 Å². The molecular formula is C12H9ClN2O. The molecule has 1 amide bonds. The molecular weight excluding hydrogens is 224 g/mol. The number of halogens is 1. The molecule has 2 rings (SSSR count). The number of hydrogen-bond donors (Lipinski definition) is 1. The number of amides is 1. The van der Waals surface area contributed by atoms with Crippen molar-refractivity contribution in [1.29, 1.82) is 0 Å². The maximum atomic E-state index is 11.2.